The summed E-state index contributed by atoms with van der Waals surface area (Å²) in [7, 11) is 0. The summed E-state index contributed by atoms with van der Waals surface area (Å²) in [6.07, 6.45) is 0. The maximum atomic E-state index is 2.47. The fourth-order valence-corrected chi connectivity index (χ4v) is 11.7. The summed E-state index contributed by atoms with van der Waals surface area (Å²) in [4.78, 5) is 0. The summed E-state index contributed by atoms with van der Waals surface area (Å²) in [6.45, 7) is 0. The van der Waals surface area contributed by atoms with Crippen LogP contribution in [0.25, 0.3) is 144 Å². The third-order valence-electron chi connectivity index (χ3n) is 14.5. The molecule has 314 valence electrons. The summed E-state index contributed by atoms with van der Waals surface area (Å²) >= 11 is 0. The van der Waals surface area contributed by atoms with Crippen molar-refractivity contribution >= 4 is 21.5 Å². The first kappa shape index (κ1) is 38.4. The van der Waals surface area contributed by atoms with Crippen molar-refractivity contribution in [2.75, 3.05) is 0 Å². The number of fused-ring (bicyclic) bond motifs is 6. The molecule has 0 N–H and O–H groups in total. The normalized spacial score (nSPS) is 11.8. The van der Waals surface area contributed by atoms with E-state index in [-0.39, 0.29) is 0 Å². The molecule has 68 heavy (non-hydrogen) atoms. The van der Waals surface area contributed by atoms with Gasteiger partial charge in [0.1, 0.15) is 0 Å². The van der Waals surface area contributed by atoms with Gasteiger partial charge in [0.15, 0.2) is 0 Å². The summed E-state index contributed by atoms with van der Waals surface area (Å²) in [5.41, 5.74) is 27.5. The largest absolute Gasteiger partial charge is 0.0622 e. The Morgan fingerprint density at radius 2 is 0.426 bits per heavy atom. The minimum atomic E-state index is 1.18. The van der Waals surface area contributed by atoms with Crippen LogP contribution in [0.2, 0.25) is 0 Å². The topological polar surface area (TPSA) is 0 Å². The number of hydrogen-bond donors (Lipinski definition) is 0. The minimum Gasteiger partial charge on any atom is -0.0622 e. The van der Waals surface area contributed by atoms with Crippen LogP contribution in [0.1, 0.15) is 0 Å². The van der Waals surface area contributed by atoms with Crippen molar-refractivity contribution in [1.82, 2.24) is 0 Å². The molecule has 0 radical (unpaired) electrons. The van der Waals surface area contributed by atoms with Crippen molar-refractivity contribution in [3.63, 3.8) is 0 Å². The lowest BCUT2D eigenvalue weighted by Gasteiger charge is -2.22. The van der Waals surface area contributed by atoms with Crippen LogP contribution in [0.15, 0.2) is 255 Å². The fraction of sp³-hybridized carbons (Fsp3) is 0. The van der Waals surface area contributed by atoms with Gasteiger partial charge in [0, 0.05) is 0 Å². The maximum Gasteiger partial charge on any atom is -0.000764 e. The number of hydrogen-bond acceptors (Lipinski definition) is 0. The average molecular weight is 859 g/mol. The van der Waals surface area contributed by atoms with Gasteiger partial charge in [-0.05, 0) is 168 Å². The van der Waals surface area contributed by atoms with Crippen LogP contribution in [0, 0.1) is 0 Å². The molecule has 2 aliphatic carbocycles. The lowest BCUT2D eigenvalue weighted by molar-refractivity contribution is 1.54. The highest BCUT2D eigenvalue weighted by Crippen LogP contribution is 2.59. The zero-order valence-electron chi connectivity index (χ0n) is 37.2. The Morgan fingerprint density at radius 1 is 0.147 bits per heavy atom. The lowest BCUT2D eigenvalue weighted by Crippen LogP contribution is -1.95. The van der Waals surface area contributed by atoms with E-state index in [0.29, 0.717) is 0 Å². The van der Waals surface area contributed by atoms with Crippen LogP contribution < -0.4 is 0 Å². The predicted octanol–water partition coefficient (Wildman–Crippen LogP) is 19.0. The molecule has 0 saturated carbocycles. The van der Waals surface area contributed by atoms with Gasteiger partial charge in [-0.25, -0.2) is 0 Å². The van der Waals surface area contributed by atoms with Gasteiger partial charge in [0.2, 0.25) is 0 Å². The van der Waals surface area contributed by atoms with E-state index in [9.17, 15) is 0 Å². The maximum absolute atomic E-state index is 2.47. The van der Waals surface area contributed by atoms with E-state index in [1.54, 1.807) is 0 Å². The third-order valence-corrected chi connectivity index (χ3v) is 14.5. The highest BCUT2D eigenvalue weighted by molar-refractivity contribution is 6.24. The molecule has 0 aromatic heterocycles. The molecule has 12 aromatic carbocycles. The average Bonchev–Trinajstić information content (AvgIpc) is 3.94. The first-order chi connectivity index (χ1) is 33.8. The molecule has 14 rings (SSSR count). The van der Waals surface area contributed by atoms with Crippen molar-refractivity contribution in [1.29, 1.82) is 0 Å². The van der Waals surface area contributed by atoms with Crippen LogP contribution in [-0.2, 0) is 0 Å². The van der Waals surface area contributed by atoms with Crippen molar-refractivity contribution in [2.24, 2.45) is 0 Å². The van der Waals surface area contributed by atoms with Crippen LogP contribution in [0.5, 0.6) is 0 Å². The first-order valence-corrected chi connectivity index (χ1v) is 23.7. The van der Waals surface area contributed by atoms with E-state index in [2.05, 4.69) is 255 Å². The van der Waals surface area contributed by atoms with Crippen LogP contribution in [-0.4, -0.2) is 0 Å². The Morgan fingerprint density at radius 3 is 0.794 bits per heavy atom. The predicted molar refractivity (Wildman–Crippen MR) is 288 cm³/mol. The quantitative estimate of drug-likeness (QED) is 0.150. The SMILES string of the molecule is c1ccc(-c2cc(-c3cccc(-c4cccc(-c5cc(-c6ccccc6)c6c(c5-c5ccccc5)-c5cccc7cccc-6c57)c4)c3)c(-c3ccccc3)c3c2-c2cccc4cccc-3c24)cc1. The molecule has 0 aliphatic heterocycles. The van der Waals surface area contributed by atoms with E-state index >= 15 is 0 Å². The van der Waals surface area contributed by atoms with E-state index in [0.717, 1.165) is 0 Å². The van der Waals surface area contributed by atoms with E-state index < -0.39 is 0 Å². The van der Waals surface area contributed by atoms with Gasteiger partial charge < -0.3 is 0 Å². The van der Waals surface area contributed by atoms with Gasteiger partial charge in [0.05, 0.1) is 0 Å². The molecule has 0 heterocycles. The molecule has 0 saturated heterocycles. The molecule has 0 atom stereocenters. The first-order valence-electron chi connectivity index (χ1n) is 23.7. The summed E-state index contributed by atoms with van der Waals surface area (Å²) in [5, 5.41) is 5.21. The Bertz CT molecular complexity index is 3700. The van der Waals surface area contributed by atoms with E-state index in [1.807, 2.05) is 0 Å². The standard InChI is InChI=1S/C68H42/c1-5-19-43(20-6-1)57-41-59(63(47-23-9-3-10-24-47)67-55-37-17-29-45-27-15-35-53(61(45)55)65(57)67)51-33-13-31-49(39-51)50-32-14-34-52(40-50)60-42-58(44-21-7-2-8-22-44)66-54-36-16-28-46-30-18-38-56(62(46)54)68(66)64(60)48-25-11-4-12-26-48/h1-42H. The Hall–Kier alpha value is -8.84. The van der Waals surface area contributed by atoms with Gasteiger partial charge >= 0.3 is 0 Å². The van der Waals surface area contributed by atoms with Gasteiger partial charge in [-0.3, -0.25) is 0 Å². The summed E-state index contributed by atoms with van der Waals surface area (Å²) in [6, 6.07) is 94.6. The molecule has 0 fully saturated rings. The molecule has 12 aromatic rings. The molecule has 0 unspecified atom stereocenters. The highest BCUT2D eigenvalue weighted by Gasteiger charge is 2.32. The zero-order valence-corrected chi connectivity index (χ0v) is 37.2. The van der Waals surface area contributed by atoms with Crippen molar-refractivity contribution in [3.8, 4) is 122 Å². The lowest BCUT2D eigenvalue weighted by atomic mass is 9.81. The summed E-state index contributed by atoms with van der Waals surface area (Å²) < 4.78 is 0. The second-order valence-corrected chi connectivity index (χ2v) is 18.2. The Kier molecular flexibility index (Phi) is 8.69. The van der Waals surface area contributed by atoms with Crippen molar-refractivity contribution in [3.05, 3.63) is 255 Å². The van der Waals surface area contributed by atoms with Gasteiger partial charge in [-0.15, -0.1) is 0 Å². The van der Waals surface area contributed by atoms with Crippen LogP contribution in [0.3, 0.4) is 0 Å². The second kappa shape index (κ2) is 15.4. The molecular formula is C68H42. The molecule has 0 amide bonds. The van der Waals surface area contributed by atoms with Gasteiger partial charge in [0.25, 0.3) is 0 Å². The third kappa shape index (κ3) is 5.88. The van der Waals surface area contributed by atoms with E-state index in [4.69, 9.17) is 0 Å². The Labute approximate surface area is 396 Å². The monoisotopic (exact) mass is 858 g/mol. The van der Waals surface area contributed by atoms with Crippen molar-refractivity contribution in [2.45, 2.75) is 0 Å². The minimum absolute atomic E-state index is 1.18. The fourth-order valence-electron chi connectivity index (χ4n) is 11.7. The highest BCUT2D eigenvalue weighted by atomic mass is 14.3. The number of rotatable bonds is 7. The number of benzene rings is 12. The van der Waals surface area contributed by atoms with Crippen molar-refractivity contribution < 1.29 is 0 Å². The molecule has 0 spiro atoms. The second-order valence-electron chi connectivity index (χ2n) is 18.2. The summed E-state index contributed by atoms with van der Waals surface area (Å²) in [5.74, 6) is 0. The van der Waals surface area contributed by atoms with Crippen LogP contribution >= 0.6 is 0 Å². The zero-order chi connectivity index (χ0) is 44.7. The Balaban J connectivity index is 0.998. The molecule has 0 heteroatoms. The van der Waals surface area contributed by atoms with E-state index in [1.165, 1.54) is 144 Å². The van der Waals surface area contributed by atoms with Gasteiger partial charge in [-0.2, -0.15) is 0 Å². The molecule has 0 bridgehead atoms. The molecule has 0 nitrogen and oxygen atoms in total. The molecule has 2 aliphatic rings. The smallest absolute Gasteiger partial charge is 0.000764 e. The van der Waals surface area contributed by atoms with Gasteiger partial charge in [-0.1, -0.05) is 231 Å². The molecular weight excluding hydrogens is 817 g/mol. The van der Waals surface area contributed by atoms with Crippen LogP contribution in [0.4, 0.5) is 0 Å².